The third-order valence-corrected chi connectivity index (χ3v) is 15.4. The number of guanidine groups is 1. The number of hydrogen-bond donors (Lipinski definition) is 15. The highest BCUT2D eigenvalue weighted by Crippen LogP contribution is 2.22. The maximum atomic E-state index is 14.7. The second-order valence-corrected chi connectivity index (χ2v) is 23.8. The number of nitrogens with two attached hydrogens (primary N) is 5. The minimum absolute atomic E-state index is 0.0210. The summed E-state index contributed by atoms with van der Waals surface area (Å²) in [6.45, 7) is 5.21. The summed E-state index contributed by atoms with van der Waals surface area (Å²) in [5.41, 5.74) is 30.8. The van der Waals surface area contributed by atoms with E-state index in [9.17, 15) is 58.2 Å². The number of aliphatic carboxylic acids is 1. The van der Waals surface area contributed by atoms with Gasteiger partial charge in [-0.15, -0.1) is 0 Å². The van der Waals surface area contributed by atoms with Crippen LogP contribution in [0.1, 0.15) is 108 Å². The van der Waals surface area contributed by atoms with Gasteiger partial charge < -0.3 is 86.3 Å². The number of phenols is 1. The summed E-state index contributed by atoms with van der Waals surface area (Å²) in [7, 11) is 0. The number of carbonyl (C=O) groups is 10. The average molecular weight is 1350 g/mol. The van der Waals surface area contributed by atoms with Gasteiger partial charge in [-0.1, -0.05) is 68.4 Å². The van der Waals surface area contributed by atoms with Crippen molar-refractivity contribution in [2.24, 2.45) is 39.6 Å². The molecule has 0 aromatic heterocycles. The number of benzene rings is 3. The first-order chi connectivity index (χ1) is 42.4. The first-order valence-electron chi connectivity index (χ1n) is 30.1. The topological polar surface area (TPSA) is 453 Å². The van der Waals surface area contributed by atoms with Crippen LogP contribution in [0.15, 0.2) is 83.9 Å². The first kappa shape index (κ1) is 73.5. The molecule has 1 heterocycles. The second-order valence-electron chi connectivity index (χ2n) is 22.5. The maximum Gasteiger partial charge on any atom is 0.326 e. The molecule has 1 aliphatic rings. The fourth-order valence-electron chi connectivity index (χ4n) is 9.89. The van der Waals surface area contributed by atoms with Crippen molar-refractivity contribution in [1.29, 1.82) is 0 Å². The second kappa shape index (κ2) is 38.4. The Morgan fingerprint density at radius 1 is 0.596 bits per heavy atom. The summed E-state index contributed by atoms with van der Waals surface area (Å²) in [4.78, 5) is 144. The number of nitrogens with one attached hydrogen (secondary N) is 8. The van der Waals surface area contributed by atoms with E-state index in [4.69, 9.17) is 28.7 Å². The zero-order valence-corrected chi connectivity index (χ0v) is 53.0. The molecule has 0 aliphatic carbocycles. The zero-order chi connectivity index (χ0) is 65.6. The number of phenolic OH excluding ortho intramolecular Hbond substituents is 1. The molecule has 4 rings (SSSR count). The van der Waals surface area contributed by atoms with Crippen LogP contribution in [0.5, 0.6) is 5.75 Å². The Kier molecular flexibility index (Phi) is 31.8. The number of hydrogen-bond acceptors (Lipinski definition) is 15. The lowest BCUT2D eigenvalue weighted by molar-refractivity contribution is -0.145. The van der Waals surface area contributed by atoms with Gasteiger partial charge in [0.15, 0.2) is 5.96 Å². The number of carboxylic acids is 1. The Balaban J connectivity index is 1.56. The average Bonchev–Trinajstić information content (AvgIpc) is 2.43. The summed E-state index contributed by atoms with van der Waals surface area (Å²) in [6, 6.07) is 11.1. The third kappa shape index (κ3) is 26.3. The monoisotopic (exact) mass is 1350 g/mol. The van der Waals surface area contributed by atoms with E-state index in [-0.39, 0.29) is 95.0 Å². The van der Waals surface area contributed by atoms with E-state index in [1.54, 1.807) is 54.6 Å². The van der Waals surface area contributed by atoms with Crippen LogP contribution < -0.4 is 71.2 Å². The van der Waals surface area contributed by atoms with Crippen LogP contribution in [0.4, 0.5) is 0 Å². The summed E-state index contributed by atoms with van der Waals surface area (Å²) in [6.07, 6.45) is 2.84. The zero-order valence-electron chi connectivity index (χ0n) is 50.9. The van der Waals surface area contributed by atoms with E-state index in [0.717, 1.165) is 3.57 Å². The van der Waals surface area contributed by atoms with E-state index < -0.39 is 120 Å². The molecule has 0 saturated carbocycles. The Labute approximate surface area is 532 Å². The predicted molar refractivity (Wildman–Crippen MR) is 343 cm³/mol. The first-order valence-corrected chi connectivity index (χ1v) is 31.2. The molecule has 3 aromatic rings. The lowest BCUT2D eigenvalue weighted by Crippen LogP contribution is -2.60. The summed E-state index contributed by atoms with van der Waals surface area (Å²) >= 11 is 2.14. The normalized spacial score (nSPS) is 15.5. The molecule has 0 bridgehead atoms. The number of carboxylic acid groups (broad SMARTS) is 1. The number of aliphatic imine (C=N–C) groups is 1. The summed E-state index contributed by atoms with van der Waals surface area (Å²) in [5.74, 6) is -8.12. The van der Waals surface area contributed by atoms with Gasteiger partial charge in [0.05, 0.1) is 12.6 Å². The molecule has 1 fully saturated rings. The molecule has 3 aromatic carbocycles. The Morgan fingerprint density at radius 3 is 1.70 bits per heavy atom. The van der Waals surface area contributed by atoms with Crippen LogP contribution in [0.2, 0.25) is 0 Å². The van der Waals surface area contributed by atoms with E-state index in [2.05, 4.69) is 70.1 Å². The van der Waals surface area contributed by atoms with E-state index in [1.807, 2.05) is 26.0 Å². The van der Waals surface area contributed by atoms with Gasteiger partial charge in [0.1, 0.15) is 54.1 Å². The van der Waals surface area contributed by atoms with Crippen LogP contribution in [0.25, 0.3) is 0 Å². The largest absolute Gasteiger partial charge is 0.508 e. The van der Waals surface area contributed by atoms with Crippen molar-refractivity contribution in [3.05, 3.63) is 99.1 Å². The minimum atomic E-state index is -1.36. The fourth-order valence-corrected chi connectivity index (χ4v) is 10.3. The number of likely N-dealkylation sites (tertiary alicyclic amines) is 1. The molecule has 488 valence electrons. The molecule has 20 N–H and O–H groups in total. The van der Waals surface area contributed by atoms with E-state index in [0.29, 0.717) is 55.3 Å². The summed E-state index contributed by atoms with van der Waals surface area (Å²) in [5, 5.41) is 40.9. The molecule has 0 radical (unpaired) electrons. The van der Waals surface area contributed by atoms with Crippen LogP contribution in [-0.4, -0.2) is 167 Å². The number of carbonyl (C=O) groups excluding carboxylic acids is 9. The van der Waals surface area contributed by atoms with Gasteiger partial charge in [-0.2, -0.15) is 0 Å². The van der Waals surface area contributed by atoms with Gasteiger partial charge in [-0.25, -0.2) is 4.79 Å². The number of unbranched alkanes of at least 4 members (excludes halogenated alkanes) is 2. The molecular formula is C61H90IN15O12. The van der Waals surface area contributed by atoms with Gasteiger partial charge in [0.2, 0.25) is 53.2 Å². The SMILES string of the molecule is CC(C)C[C@H](NC(=O)[C@H](Cc1ccccc1)NC(=O)CNC(=O)[C@@H](C)NC(=O)[C@@H](N)Cc1ccc(O)cc1)C(=O)N[C@@H](CCCN=C(N)N)C(=O)N[C@@H](CCCCN)C(=O)N[C@@H](Cc1ccc(I)cc1)C(=O)N1CCC[C@H]1C(=O)N[C@@H](CCCCN)C(=O)O. The predicted octanol–water partition coefficient (Wildman–Crippen LogP) is -0.685. The van der Waals surface area contributed by atoms with Crippen molar-refractivity contribution in [3.63, 3.8) is 0 Å². The van der Waals surface area contributed by atoms with Crippen molar-refractivity contribution < 1.29 is 58.2 Å². The van der Waals surface area contributed by atoms with Gasteiger partial charge in [-0.05, 0) is 167 Å². The molecule has 1 saturated heterocycles. The number of halogens is 1. The summed E-state index contributed by atoms with van der Waals surface area (Å²) < 4.78 is 0.911. The molecular weight excluding hydrogens is 1260 g/mol. The van der Waals surface area contributed by atoms with Crippen molar-refractivity contribution >= 4 is 87.7 Å². The quantitative estimate of drug-likeness (QED) is 0.0146. The molecule has 0 unspecified atom stereocenters. The van der Waals surface area contributed by atoms with E-state index in [1.165, 1.54) is 24.0 Å². The van der Waals surface area contributed by atoms with Crippen LogP contribution in [0, 0.1) is 9.49 Å². The van der Waals surface area contributed by atoms with Gasteiger partial charge >= 0.3 is 5.97 Å². The third-order valence-electron chi connectivity index (χ3n) is 14.7. The van der Waals surface area contributed by atoms with Crippen molar-refractivity contribution in [2.75, 3.05) is 32.7 Å². The van der Waals surface area contributed by atoms with Crippen molar-refractivity contribution in [1.82, 2.24) is 47.4 Å². The molecule has 27 nitrogen and oxygen atoms in total. The minimum Gasteiger partial charge on any atom is -0.508 e. The Bertz CT molecular complexity index is 2850. The smallest absolute Gasteiger partial charge is 0.326 e. The number of rotatable bonds is 38. The van der Waals surface area contributed by atoms with E-state index >= 15 is 0 Å². The molecule has 89 heavy (non-hydrogen) atoms. The molecule has 1 aliphatic heterocycles. The van der Waals surface area contributed by atoms with Gasteiger partial charge in [-0.3, -0.25) is 48.1 Å². The number of aromatic hydroxyl groups is 1. The standard InChI is InChI=1S/C61H90IN15O12/c1-36(2)31-47(75-57(85)48(33-38-13-5-4-6-14-38)71-51(79)35-69-52(80)37(3)70-53(81)43(65)32-39-21-25-42(78)26-22-39)56(84)73-45(17-11-29-68-61(66)67)54(82)72-44(15-7-9-27-63)55(83)76-49(34-40-19-23-41(62)24-20-40)59(87)77-30-12-18-50(77)58(86)74-46(60(88)89)16-8-10-28-64/h4-6,13-14,19-26,36-37,43-50,78H,7-12,15-18,27-35,63-65H2,1-3H3,(H,69,80)(H,70,81)(H,71,79)(H,72,82)(H,73,84)(H,74,86)(H,75,85)(H,76,83)(H,88,89)(H4,66,67,68)/t37-,43+,44+,45+,46+,47+,48+,49+,50+/m1/s1. The highest BCUT2D eigenvalue weighted by atomic mass is 127. The lowest BCUT2D eigenvalue weighted by Gasteiger charge is -2.31. The molecule has 9 atom stereocenters. The van der Waals surface area contributed by atoms with Crippen molar-refractivity contribution in [2.45, 2.75) is 165 Å². The number of nitrogens with zero attached hydrogens (tertiary/aromatic N) is 2. The Hall–Kier alpha value is -7.96. The highest BCUT2D eigenvalue weighted by molar-refractivity contribution is 14.1. The van der Waals surface area contributed by atoms with Gasteiger partial charge in [0, 0.05) is 29.5 Å². The highest BCUT2D eigenvalue weighted by Gasteiger charge is 2.40. The fraction of sp³-hybridized carbons (Fsp3) is 0.525. The lowest BCUT2D eigenvalue weighted by atomic mass is 10.00. The Morgan fingerprint density at radius 2 is 1.11 bits per heavy atom. The van der Waals surface area contributed by atoms with Crippen molar-refractivity contribution in [3.8, 4) is 5.75 Å². The van der Waals surface area contributed by atoms with Crippen LogP contribution in [0.3, 0.4) is 0 Å². The van der Waals surface area contributed by atoms with Gasteiger partial charge in [0.25, 0.3) is 0 Å². The number of amides is 9. The maximum absolute atomic E-state index is 14.7. The molecule has 9 amide bonds. The van der Waals surface area contributed by atoms with Crippen LogP contribution >= 0.6 is 22.6 Å². The molecule has 28 heteroatoms. The van der Waals surface area contributed by atoms with Crippen LogP contribution in [-0.2, 0) is 67.2 Å². The molecule has 0 spiro atoms.